The van der Waals surface area contributed by atoms with Crippen LogP contribution in [0.25, 0.3) is 0 Å². The van der Waals surface area contributed by atoms with Gasteiger partial charge in [0.05, 0.1) is 48.8 Å². The van der Waals surface area contributed by atoms with E-state index in [1.807, 2.05) is 66.0 Å². The second-order valence-corrected chi connectivity index (χ2v) is 12.3. The van der Waals surface area contributed by atoms with Crippen LogP contribution < -0.4 is 0 Å². The molecule has 0 saturated carbocycles. The molecule has 0 spiro atoms. The van der Waals surface area contributed by atoms with E-state index >= 15 is 0 Å². The quantitative estimate of drug-likeness (QED) is 0.274. The molecule has 2 aromatic carbocycles. The Kier molecular flexibility index (Phi) is 8.88. The first-order valence-corrected chi connectivity index (χ1v) is 15.5. The summed E-state index contributed by atoms with van der Waals surface area (Å²) in [6.07, 6.45) is 1.60. The van der Waals surface area contributed by atoms with Gasteiger partial charge in [-0.1, -0.05) is 66.7 Å². The van der Waals surface area contributed by atoms with E-state index in [0.29, 0.717) is 49.0 Å². The lowest BCUT2D eigenvalue weighted by Gasteiger charge is -2.30. The van der Waals surface area contributed by atoms with Gasteiger partial charge in [-0.05, 0) is 22.6 Å². The molecule has 0 unspecified atom stereocenters. The average Bonchev–Trinajstić information content (AvgIpc) is 3.63. The fourth-order valence-electron chi connectivity index (χ4n) is 4.65. The van der Waals surface area contributed by atoms with E-state index in [1.54, 1.807) is 27.8 Å². The van der Waals surface area contributed by atoms with Crippen LogP contribution in [0.4, 0.5) is 0 Å². The summed E-state index contributed by atoms with van der Waals surface area (Å²) >= 11 is 1.41. The summed E-state index contributed by atoms with van der Waals surface area (Å²) in [6.45, 7) is 4.85. The molecule has 204 valence electrons. The van der Waals surface area contributed by atoms with Crippen LogP contribution in [0.1, 0.15) is 26.5 Å². The number of sulfone groups is 1. The van der Waals surface area contributed by atoms with Gasteiger partial charge < -0.3 is 14.2 Å². The van der Waals surface area contributed by atoms with Crippen molar-refractivity contribution in [3.63, 3.8) is 0 Å². The number of benzene rings is 2. The number of carbonyl (C=O) groups is 1. The maximum atomic E-state index is 13.6. The van der Waals surface area contributed by atoms with Crippen molar-refractivity contribution in [1.82, 2.24) is 19.4 Å². The number of rotatable bonds is 11. The average molecular weight is 565 g/mol. The zero-order valence-electron chi connectivity index (χ0n) is 21.7. The van der Waals surface area contributed by atoms with E-state index in [2.05, 4.69) is 9.88 Å². The molecular formula is C29H32N4O4S2. The Balaban J connectivity index is 1.46. The van der Waals surface area contributed by atoms with Crippen molar-refractivity contribution < 1.29 is 17.9 Å². The third-order valence-electron chi connectivity index (χ3n) is 6.72. The Hall–Kier alpha value is -3.31. The Morgan fingerprint density at radius 3 is 2.31 bits per heavy atom. The lowest BCUT2D eigenvalue weighted by atomic mass is 10.2. The minimum absolute atomic E-state index is 0.0157. The fraction of sp³-hybridized carbons (Fsp3) is 0.310. The standard InChI is InChI=1S/C29H32N4O4S2/c34-28(27-12-7-19-38-27)32(14-13-31-15-17-37-18-16-31)22-26-20-30-29(33(26)21-24-8-3-1-4-9-24)39(35,36)23-25-10-5-2-6-11-25/h1-12,19-20H,13-18,21-23H2. The van der Waals surface area contributed by atoms with Crippen molar-refractivity contribution >= 4 is 27.1 Å². The molecule has 8 nitrogen and oxygen atoms in total. The van der Waals surface area contributed by atoms with E-state index in [-0.39, 0.29) is 23.4 Å². The molecule has 39 heavy (non-hydrogen) atoms. The highest BCUT2D eigenvalue weighted by Crippen LogP contribution is 2.22. The Labute approximate surface area is 233 Å². The fourth-order valence-corrected chi connectivity index (χ4v) is 6.83. The summed E-state index contributed by atoms with van der Waals surface area (Å²) in [5.41, 5.74) is 2.34. The van der Waals surface area contributed by atoms with E-state index in [0.717, 1.165) is 18.7 Å². The molecule has 4 aromatic rings. The van der Waals surface area contributed by atoms with Gasteiger partial charge in [-0.15, -0.1) is 11.3 Å². The molecule has 5 rings (SSSR count). The largest absolute Gasteiger partial charge is 0.379 e. The highest BCUT2D eigenvalue weighted by atomic mass is 32.2. The van der Waals surface area contributed by atoms with Crippen molar-refractivity contribution in [3.05, 3.63) is 106 Å². The molecule has 3 heterocycles. The zero-order valence-corrected chi connectivity index (χ0v) is 23.3. The molecule has 0 atom stereocenters. The summed E-state index contributed by atoms with van der Waals surface area (Å²) in [5.74, 6) is -0.215. The van der Waals surface area contributed by atoms with Crippen molar-refractivity contribution in [2.45, 2.75) is 24.0 Å². The summed E-state index contributed by atoms with van der Waals surface area (Å²) in [6, 6.07) is 22.5. The van der Waals surface area contributed by atoms with Crippen LogP contribution in [0, 0.1) is 0 Å². The van der Waals surface area contributed by atoms with Gasteiger partial charge in [-0.2, -0.15) is 0 Å². The Morgan fingerprint density at radius 1 is 0.949 bits per heavy atom. The number of morpholine rings is 1. The van der Waals surface area contributed by atoms with Crippen molar-refractivity contribution in [1.29, 1.82) is 0 Å². The molecular weight excluding hydrogens is 532 g/mol. The first-order chi connectivity index (χ1) is 19.0. The second kappa shape index (κ2) is 12.7. The maximum absolute atomic E-state index is 13.6. The molecule has 1 aliphatic heterocycles. The zero-order chi connectivity index (χ0) is 27.1. The van der Waals surface area contributed by atoms with Gasteiger partial charge >= 0.3 is 0 Å². The molecule has 0 radical (unpaired) electrons. The van der Waals surface area contributed by atoms with Gasteiger partial charge in [0, 0.05) is 26.2 Å². The molecule has 0 bridgehead atoms. The molecule has 0 aliphatic carbocycles. The number of amides is 1. The van der Waals surface area contributed by atoms with E-state index in [9.17, 15) is 13.2 Å². The Morgan fingerprint density at radius 2 is 1.64 bits per heavy atom. The van der Waals surface area contributed by atoms with Crippen LogP contribution in [0.3, 0.4) is 0 Å². The van der Waals surface area contributed by atoms with Gasteiger partial charge in [0.2, 0.25) is 15.0 Å². The van der Waals surface area contributed by atoms with Crippen LogP contribution >= 0.6 is 11.3 Å². The predicted octanol–water partition coefficient (Wildman–Crippen LogP) is 3.94. The number of hydrogen-bond donors (Lipinski definition) is 0. The Bertz CT molecular complexity index is 1450. The van der Waals surface area contributed by atoms with Crippen LogP contribution in [-0.2, 0) is 33.4 Å². The van der Waals surface area contributed by atoms with E-state index in [4.69, 9.17) is 4.74 Å². The molecule has 2 aromatic heterocycles. The van der Waals surface area contributed by atoms with Crippen molar-refractivity contribution in [3.8, 4) is 0 Å². The molecule has 0 N–H and O–H groups in total. The number of carbonyl (C=O) groups excluding carboxylic acids is 1. The first-order valence-electron chi connectivity index (χ1n) is 13.0. The summed E-state index contributed by atoms with van der Waals surface area (Å²) in [7, 11) is -3.74. The second-order valence-electron chi connectivity index (χ2n) is 9.51. The van der Waals surface area contributed by atoms with Gasteiger partial charge in [0.15, 0.2) is 0 Å². The minimum Gasteiger partial charge on any atom is -0.379 e. The van der Waals surface area contributed by atoms with Crippen LogP contribution in [0.15, 0.2) is 89.5 Å². The summed E-state index contributed by atoms with van der Waals surface area (Å²) in [5, 5.41) is 1.91. The monoisotopic (exact) mass is 564 g/mol. The van der Waals surface area contributed by atoms with E-state index in [1.165, 1.54) is 11.3 Å². The van der Waals surface area contributed by atoms with Crippen LogP contribution in [0.5, 0.6) is 0 Å². The van der Waals surface area contributed by atoms with Crippen LogP contribution in [0.2, 0.25) is 0 Å². The summed E-state index contributed by atoms with van der Waals surface area (Å²) < 4.78 is 34.4. The number of thiophene rings is 1. The summed E-state index contributed by atoms with van der Waals surface area (Å²) in [4.78, 5) is 22.7. The molecule has 1 saturated heterocycles. The number of ether oxygens (including phenoxy) is 1. The van der Waals surface area contributed by atoms with Gasteiger partial charge in [0.25, 0.3) is 5.91 Å². The SMILES string of the molecule is O=C(c1cccs1)N(CCN1CCOCC1)Cc1cnc(S(=O)(=O)Cc2ccccc2)n1Cc1ccccc1. The van der Waals surface area contributed by atoms with Crippen molar-refractivity contribution in [2.24, 2.45) is 0 Å². The lowest BCUT2D eigenvalue weighted by Crippen LogP contribution is -2.43. The smallest absolute Gasteiger partial charge is 0.264 e. The molecule has 1 amide bonds. The lowest BCUT2D eigenvalue weighted by molar-refractivity contribution is 0.0319. The van der Waals surface area contributed by atoms with Crippen molar-refractivity contribution in [2.75, 3.05) is 39.4 Å². The molecule has 1 fully saturated rings. The topological polar surface area (TPSA) is 84.7 Å². The highest BCUT2D eigenvalue weighted by Gasteiger charge is 2.27. The van der Waals surface area contributed by atoms with Gasteiger partial charge in [0.1, 0.15) is 0 Å². The molecule has 10 heteroatoms. The number of nitrogens with zero attached hydrogens (tertiary/aromatic N) is 4. The number of hydrogen-bond acceptors (Lipinski definition) is 7. The minimum atomic E-state index is -3.74. The highest BCUT2D eigenvalue weighted by molar-refractivity contribution is 7.90. The maximum Gasteiger partial charge on any atom is 0.264 e. The third kappa shape index (κ3) is 7.02. The van der Waals surface area contributed by atoms with Gasteiger partial charge in [-0.25, -0.2) is 13.4 Å². The predicted molar refractivity (Wildman–Crippen MR) is 151 cm³/mol. The number of aromatic nitrogens is 2. The molecule has 1 aliphatic rings. The van der Waals surface area contributed by atoms with Crippen LogP contribution in [-0.4, -0.2) is 73.1 Å². The number of imidazole rings is 1. The third-order valence-corrected chi connectivity index (χ3v) is 9.18. The normalized spacial score (nSPS) is 14.4. The van der Waals surface area contributed by atoms with Gasteiger partial charge in [-0.3, -0.25) is 9.69 Å². The van der Waals surface area contributed by atoms with E-state index < -0.39 is 9.84 Å². The first kappa shape index (κ1) is 27.3.